The number of nitrogens with zero attached hydrogens (tertiary/aromatic N) is 1. The molecule has 1 rings (SSSR count). The Labute approximate surface area is 73.4 Å². The Kier molecular flexibility index (Phi) is 3.93. The van der Waals surface area contributed by atoms with Gasteiger partial charge < -0.3 is 4.90 Å². The molecule has 0 aromatic carbocycles. The Morgan fingerprint density at radius 1 is 1.56 bits per heavy atom. The summed E-state index contributed by atoms with van der Waals surface area (Å²) < 4.78 is 0. The van der Waals surface area contributed by atoms with Crippen LogP contribution >= 0.6 is 24.0 Å². The quantitative estimate of drug-likeness (QED) is 0.582. The maximum absolute atomic E-state index is 2.21. The minimum absolute atomic E-state index is 0. The Morgan fingerprint density at radius 3 is 2.56 bits per heavy atom. The van der Waals surface area contributed by atoms with E-state index >= 15 is 0 Å². The summed E-state index contributed by atoms with van der Waals surface area (Å²) in [6.07, 6.45) is 6.42. The fraction of sp³-hybridized carbons (Fsp3) is 0.429. The van der Waals surface area contributed by atoms with Crippen molar-refractivity contribution in [2.75, 3.05) is 13.6 Å². The highest BCUT2D eigenvalue weighted by Gasteiger charge is 1.92. The molecule has 1 nitrogen and oxygen atoms in total. The molecule has 1 aliphatic heterocycles. The Bertz CT molecular complexity index is 138. The van der Waals surface area contributed by atoms with Crippen LogP contribution in [-0.2, 0) is 0 Å². The highest BCUT2D eigenvalue weighted by Crippen LogP contribution is 2.02. The summed E-state index contributed by atoms with van der Waals surface area (Å²) >= 11 is 0. The number of hydrogen-bond donors (Lipinski definition) is 0. The van der Waals surface area contributed by atoms with Gasteiger partial charge in [-0.1, -0.05) is 11.6 Å². The van der Waals surface area contributed by atoms with E-state index in [-0.39, 0.29) is 24.0 Å². The van der Waals surface area contributed by atoms with E-state index in [1.54, 1.807) is 0 Å². The molecule has 0 aliphatic carbocycles. The summed E-state index contributed by atoms with van der Waals surface area (Å²) in [6, 6.07) is 0. The first-order valence-electron chi connectivity index (χ1n) is 2.84. The van der Waals surface area contributed by atoms with Crippen LogP contribution in [-0.4, -0.2) is 18.5 Å². The molecule has 0 spiro atoms. The second-order valence-electron chi connectivity index (χ2n) is 2.20. The zero-order valence-electron chi connectivity index (χ0n) is 5.79. The van der Waals surface area contributed by atoms with Crippen LogP contribution in [0.25, 0.3) is 0 Å². The lowest BCUT2D eigenvalue weighted by Gasteiger charge is -2.14. The summed E-state index contributed by atoms with van der Waals surface area (Å²) in [6.45, 7) is 3.17. The second-order valence-corrected chi connectivity index (χ2v) is 2.20. The molecule has 0 aromatic heterocycles. The summed E-state index contributed by atoms with van der Waals surface area (Å²) in [4.78, 5) is 2.15. The van der Waals surface area contributed by atoms with Crippen LogP contribution in [0.2, 0.25) is 0 Å². The average Bonchev–Trinajstić information content (AvgIpc) is 1.77. The van der Waals surface area contributed by atoms with Crippen molar-refractivity contribution in [3.63, 3.8) is 0 Å². The smallest absolute Gasteiger partial charge is 0.0356 e. The molecule has 0 fully saturated rings. The van der Waals surface area contributed by atoms with Gasteiger partial charge in [0.1, 0.15) is 0 Å². The van der Waals surface area contributed by atoms with Crippen molar-refractivity contribution < 1.29 is 0 Å². The zero-order chi connectivity index (χ0) is 5.98. The normalized spacial score (nSPS) is 16.7. The molecule has 0 aromatic rings. The number of hydrogen-bond acceptors (Lipinski definition) is 1. The van der Waals surface area contributed by atoms with Gasteiger partial charge in [0.15, 0.2) is 0 Å². The summed E-state index contributed by atoms with van der Waals surface area (Å²) in [5.74, 6) is 0. The number of rotatable bonds is 0. The highest BCUT2D eigenvalue weighted by molar-refractivity contribution is 14.0. The lowest BCUT2D eigenvalue weighted by molar-refractivity contribution is 0.502. The monoisotopic (exact) mass is 237 g/mol. The predicted octanol–water partition coefficient (Wildman–Crippen LogP) is 2.01. The van der Waals surface area contributed by atoms with Gasteiger partial charge >= 0.3 is 0 Å². The first-order valence-corrected chi connectivity index (χ1v) is 2.84. The lowest BCUT2D eigenvalue weighted by atomic mass is 10.2. The second kappa shape index (κ2) is 3.93. The van der Waals surface area contributed by atoms with Gasteiger partial charge in [-0.25, -0.2) is 0 Å². The Hall–Kier alpha value is 0.01000. The van der Waals surface area contributed by atoms with Gasteiger partial charge in [-0.05, 0) is 19.2 Å². The minimum atomic E-state index is 0. The molecule has 2 heteroatoms. The van der Waals surface area contributed by atoms with Crippen molar-refractivity contribution in [1.29, 1.82) is 0 Å². The molecule has 52 valence electrons. The van der Waals surface area contributed by atoms with Crippen LogP contribution in [0.1, 0.15) is 6.92 Å². The van der Waals surface area contributed by atoms with E-state index in [0.717, 1.165) is 6.54 Å². The standard InChI is InChI=1S/C7H11N.HI/c1-7-3-5-8(2)6-4-7;/h3-5H,6H2,1-2H3;1H. The van der Waals surface area contributed by atoms with Crippen LogP contribution in [0, 0.1) is 0 Å². The van der Waals surface area contributed by atoms with Crippen molar-refractivity contribution in [2.45, 2.75) is 6.92 Å². The average molecular weight is 237 g/mol. The van der Waals surface area contributed by atoms with E-state index in [9.17, 15) is 0 Å². The highest BCUT2D eigenvalue weighted by atomic mass is 127. The zero-order valence-corrected chi connectivity index (χ0v) is 8.12. The van der Waals surface area contributed by atoms with E-state index in [1.165, 1.54) is 5.57 Å². The maximum Gasteiger partial charge on any atom is 0.0356 e. The van der Waals surface area contributed by atoms with Crippen LogP contribution in [0.3, 0.4) is 0 Å². The topological polar surface area (TPSA) is 3.24 Å². The summed E-state index contributed by atoms with van der Waals surface area (Å²) in [7, 11) is 2.07. The van der Waals surface area contributed by atoms with E-state index in [4.69, 9.17) is 0 Å². The molecule has 1 heterocycles. The largest absolute Gasteiger partial charge is 0.377 e. The predicted molar refractivity (Wildman–Crippen MR) is 50.9 cm³/mol. The van der Waals surface area contributed by atoms with E-state index < -0.39 is 0 Å². The molecule has 0 bridgehead atoms. The SMILES string of the molecule is CC1=CCN(C)C=C1.I. The van der Waals surface area contributed by atoms with Crippen LogP contribution < -0.4 is 0 Å². The third kappa shape index (κ3) is 2.89. The van der Waals surface area contributed by atoms with Crippen LogP contribution in [0.4, 0.5) is 0 Å². The first-order chi connectivity index (χ1) is 3.79. The molecular weight excluding hydrogens is 225 g/mol. The van der Waals surface area contributed by atoms with E-state index in [0.29, 0.717) is 0 Å². The third-order valence-corrected chi connectivity index (χ3v) is 1.29. The Morgan fingerprint density at radius 2 is 2.22 bits per heavy atom. The van der Waals surface area contributed by atoms with Crippen molar-refractivity contribution in [3.05, 3.63) is 23.9 Å². The van der Waals surface area contributed by atoms with Gasteiger partial charge in [0, 0.05) is 13.6 Å². The van der Waals surface area contributed by atoms with Crippen LogP contribution in [0.15, 0.2) is 23.9 Å². The maximum atomic E-state index is 2.21. The lowest BCUT2D eigenvalue weighted by Crippen LogP contribution is -2.12. The summed E-state index contributed by atoms with van der Waals surface area (Å²) in [5, 5.41) is 0. The Balaban J connectivity index is 0.000000640. The fourth-order valence-electron chi connectivity index (χ4n) is 0.662. The van der Waals surface area contributed by atoms with Gasteiger partial charge in [-0.15, -0.1) is 24.0 Å². The van der Waals surface area contributed by atoms with Crippen molar-refractivity contribution >= 4 is 24.0 Å². The van der Waals surface area contributed by atoms with Gasteiger partial charge in [0.2, 0.25) is 0 Å². The molecular formula is C7H12IN. The van der Waals surface area contributed by atoms with Gasteiger partial charge in [0.25, 0.3) is 0 Å². The molecule has 0 radical (unpaired) electrons. The molecule has 0 amide bonds. The molecule has 1 aliphatic rings. The third-order valence-electron chi connectivity index (χ3n) is 1.29. The van der Waals surface area contributed by atoms with E-state index in [2.05, 4.69) is 37.2 Å². The first kappa shape index (κ1) is 9.01. The van der Waals surface area contributed by atoms with Crippen molar-refractivity contribution in [2.24, 2.45) is 0 Å². The fourth-order valence-corrected chi connectivity index (χ4v) is 0.662. The minimum Gasteiger partial charge on any atom is -0.377 e. The molecule has 0 N–H and O–H groups in total. The molecule has 9 heavy (non-hydrogen) atoms. The van der Waals surface area contributed by atoms with E-state index in [1.807, 2.05) is 0 Å². The number of halogens is 1. The molecule has 0 saturated carbocycles. The number of allylic oxidation sites excluding steroid dienone is 2. The van der Waals surface area contributed by atoms with Gasteiger partial charge in [-0.2, -0.15) is 0 Å². The van der Waals surface area contributed by atoms with Gasteiger partial charge in [-0.3, -0.25) is 0 Å². The van der Waals surface area contributed by atoms with Crippen molar-refractivity contribution in [1.82, 2.24) is 4.90 Å². The summed E-state index contributed by atoms with van der Waals surface area (Å²) in [5.41, 5.74) is 1.36. The molecule has 0 unspecified atom stereocenters. The van der Waals surface area contributed by atoms with Gasteiger partial charge in [0.05, 0.1) is 0 Å². The molecule has 0 saturated heterocycles. The van der Waals surface area contributed by atoms with Crippen molar-refractivity contribution in [3.8, 4) is 0 Å². The number of likely N-dealkylation sites (N-methyl/N-ethyl adjacent to an activating group) is 1. The van der Waals surface area contributed by atoms with Crippen LogP contribution in [0.5, 0.6) is 0 Å². The molecule has 0 atom stereocenters.